The van der Waals surface area contributed by atoms with Gasteiger partial charge in [-0.25, -0.2) is 0 Å². The van der Waals surface area contributed by atoms with Crippen molar-refractivity contribution >= 4 is 22.3 Å². The van der Waals surface area contributed by atoms with Crippen molar-refractivity contribution < 1.29 is 28.5 Å². The van der Waals surface area contributed by atoms with Gasteiger partial charge in [0.2, 0.25) is 11.5 Å². The zero-order chi connectivity index (χ0) is 17.4. The van der Waals surface area contributed by atoms with Gasteiger partial charge in [0, 0.05) is 28.0 Å². The van der Waals surface area contributed by atoms with E-state index in [1.807, 2.05) is 0 Å². The second-order valence-electron chi connectivity index (χ2n) is 5.13. The van der Waals surface area contributed by atoms with Crippen molar-refractivity contribution in [3.63, 3.8) is 0 Å². The fraction of sp³-hybridized carbons (Fsp3) is 0.222. The van der Waals surface area contributed by atoms with Gasteiger partial charge in [0.05, 0.1) is 28.4 Å². The fourth-order valence-corrected chi connectivity index (χ4v) is 2.93. The van der Waals surface area contributed by atoms with E-state index in [9.17, 15) is 9.59 Å². The van der Waals surface area contributed by atoms with Crippen LogP contribution in [0, 0.1) is 0 Å². The number of methoxy groups -OCH3 is 4. The molecule has 1 aliphatic carbocycles. The second-order valence-corrected chi connectivity index (χ2v) is 5.13. The van der Waals surface area contributed by atoms with Crippen LogP contribution in [0.2, 0.25) is 0 Å². The molecule has 0 saturated heterocycles. The molecule has 3 rings (SSSR count). The molecule has 0 aromatic heterocycles. The Bertz CT molecular complexity index is 894. The largest absolute Gasteiger partial charge is 0.493 e. The highest BCUT2D eigenvalue weighted by atomic mass is 16.5. The third-order valence-electron chi connectivity index (χ3n) is 4.02. The summed E-state index contributed by atoms with van der Waals surface area (Å²) >= 11 is 0. The molecule has 0 N–H and O–H groups in total. The SMILES string of the molecule is COC1=CC(=O)c2ccc3c(OC)c(OC)c(OC)cc3c2C1=O. The zero-order valence-electron chi connectivity index (χ0n) is 13.8. The quantitative estimate of drug-likeness (QED) is 0.859. The molecule has 24 heavy (non-hydrogen) atoms. The first kappa shape index (κ1) is 15.9. The Kier molecular flexibility index (Phi) is 3.89. The summed E-state index contributed by atoms with van der Waals surface area (Å²) in [5, 5.41) is 1.19. The van der Waals surface area contributed by atoms with Crippen LogP contribution >= 0.6 is 0 Å². The molecule has 0 bridgehead atoms. The van der Waals surface area contributed by atoms with Crippen LogP contribution in [0.25, 0.3) is 10.8 Å². The lowest BCUT2D eigenvalue weighted by molar-refractivity contribution is 0.0918. The van der Waals surface area contributed by atoms with E-state index in [2.05, 4.69) is 0 Å². The van der Waals surface area contributed by atoms with Crippen LogP contribution in [0.15, 0.2) is 30.0 Å². The van der Waals surface area contributed by atoms with Gasteiger partial charge in [0.15, 0.2) is 23.0 Å². The van der Waals surface area contributed by atoms with Crippen LogP contribution in [-0.4, -0.2) is 40.0 Å². The van der Waals surface area contributed by atoms with E-state index in [4.69, 9.17) is 18.9 Å². The van der Waals surface area contributed by atoms with Crippen molar-refractivity contribution in [2.75, 3.05) is 28.4 Å². The van der Waals surface area contributed by atoms with Gasteiger partial charge in [-0.1, -0.05) is 0 Å². The smallest absolute Gasteiger partial charge is 0.229 e. The number of Topliss-reactive ketones (excluding diaryl/α,β-unsaturated/α-hetero) is 1. The molecular formula is C18H16O6. The van der Waals surface area contributed by atoms with Crippen molar-refractivity contribution in [1.29, 1.82) is 0 Å². The Morgan fingerprint density at radius 1 is 0.792 bits per heavy atom. The van der Waals surface area contributed by atoms with Crippen LogP contribution in [0.3, 0.4) is 0 Å². The minimum atomic E-state index is -0.355. The van der Waals surface area contributed by atoms with Gasteiger partial charge < -0.3 is 18.9 Å². The van der Waals surface area contributed by atoms with E-state index in [0.29, 0.717) is 33.6 Å². The second kappa shape index (κ2) is 5.88. The summed E-state index contributed by atoms with van der Waals surface area (Å²) in [7, 11) is 5.86. The summed E-state index contributed by atoms with van der Waals surface area (Å²) in [5.41, 5.74) is 0.596. The van der Waals surface area contributed by atoms with Gasteiger partial charge in [-0.3, -0.25) is 9.59 Å². The summed E-state index contributed by atoms with van der Waals surface area (Å²) in [5.74, 6) is 0.634. The van der Waals surface area contributed by atoms with E-state index in [0.717, 1.165) is 0 Å². The Labute approximate surface area is 138 Å². The number of hydrogen-bond acceptors (Lipinski definition) is 6. The van der Waals surface area contributed by atoms with E-state index in [-0.39, 0.29) is 22.9 Å². The molecule has 0 heterocycles. The summed E-state index contributed by atoms with van der Waals surface area (Å²) in [6.45, 7) is 0. The fourth-order valence-electron chi connectivity index (χ4n) is 2.93. The molecule has 0 fully saturated rings. The number of benzene rings is 2. The molecule has 6 heteroatoms. The van der Waals surface area contributed by atoms with Crippen LogP contribution < -0.4 is 14.2 Å². The molecule has 0 spiro atoms. The van der Waals surface area contributed by atoms with Gasteiger partial charge in [-0.05, 0) is 18.2 Å². The van der Waals surface area contributed by atoms with Gasteiger partial charge in [0.25, 0.3) is 0 Å². The minimum Gasteiger partial charge on any atom is -0.493 e. The Hall–Kier alpha value is -3.02. The van der Waals surface area contributed by atoms with Crippen LogP contribution in [0.1, 0.15) is 20.7 Å². The monoisotopic (exact) mass is 328 g/mol. The van der Waals surface area contributed by atoms with E-state index >= 15 is 0 Å². The molecular weight excluding hydrogens is 312 g/mol. The first-order valence-corrected chi connectivity index (χ1v) is 7.17. The summed E-state index contributed by atoms with van der Waals surface area (Å²) in [6.07, 6.45) is 1.20. The Morgan fingerprint density at radius 2 is 1.50 bits per heavy atom. The third kappa shape index (κ3) is 2.11. The molecule has 2 aromatic rings. The average Bonchev–Trinajstić information content (AvgIpc) is 2.61. The molecule has 124 valence electrons. The van der Waals surface area contributed by atoms with E-state index < -0.39 is 0 Å². The van der Waals surface area contributed by atoms with Gasteiger partial charge >= 0.3 is 0 Å². The maximum absolute atomic E-state index is 12.7. The summed E-state index contributed by atoms with van der Waals surface area (Å²) < 4.78 is 21.2. The van der Waals surface area contributed by atoms with Crippen LogP contribution in [0.4, 0.5) is 0 Å². The number of rotatable bonds is 4. The van der Waals surface area contributed by atoms with Crippen molar-refractivity contribution in [2.45, 2.75) is 0 Å². The molecule has 0 unspecified atom stereocenters. The topological polar surface area (TPSA) is 71.1 Å². The maximum atomic E-state index is 12.7. The summed E-state index contributed by atoms with van der Waals surface area (Å²) in [6, 6.07) is 5.00. The highest BCUT2D eigenvalue weighted by Gasteiger charge is 2.30. The van der Waals surface area contributed by atoms with Gasteiger partial charge in [0.1, 0.15) is 0 Å². The predicted octanol–water partition coefficient (Wildman–Crippen LogP) is 2.77. The first-order chi connectivity index (χ1) is 11.6. The molecule has 0 amide bonds. The number of carbonyl (C=O) groups excluding carboxylic acids is 2. The number of hydrogen-bond donors (Lipinski definition) is 0. The minimum absolute atomic E-state index is 0.00810. The lowest BCUT2D eigenvalue weighted by atomic mass is 9.88. The van der Waals surface area contributed by atoms with Crippen molar-refractivity contribution in [2.24, 2.45) is 0 Å². The lowest BCUT2D eigenvalue weighted by Crippen LogP contribution is -2.18. The Morgan fingerprint density at radius 3 is 2.08 bits per heavy atom. The Balaban J connectivity index is 2.44. The summed E-state index contributed by atoms with van der Waals surface area (Å²) in [4.78, 5) is 25.0. The highest BCUT2D eigenvalue weighted by molar-refractivity contribution is 6.28. The molecule has 2 aromatic carbocycles. The number of fused-ring (bicyclic) bond motifs is 3. The first-order valence-electron chi connectivity index (χ1n) is 7.17. The van der Waals surface area contributed by atoms with Gasteiger partial charge in [-0.2, -0.15) is 0 Å². The molecule has 1 aliphatic rings. The lowest BCUT2D eigenvalue weighted by Gasteiger charge is -2.19. The van der Waals surface area contributed by atoms with E-state index in [1.165, 1.54) is 34.5 Å². The molecule has 0 atom stereocenters. The van der Waals surface area contributed by atoms with E-state index in [1.54, 1.807) is 18.2 Å². The van der Waals surface area contributed by atoms with Crippen molar-refractivity contribution in [3.8, 4) is 17.2 Å². The van der Waals surface area contributed by atoms with Gasteiger partial charge in [-0.15, -0.1) is 0 Å². The zero-order valence-corrected chi connectivity index (χ0v) is 13.8. The maximum Gasteiger partial charge on any atom is 0.229 e. The molecule has 0 aliphatic heterocycles. The highest BCUT2D eigenvalue weighted by Crippen LogP contribution is 2.45. The van der Waals surface area contributed by atoms with Crippen molar-refractivity contribution in [1.82, 2.24) is 0 Å². The van der Waals surface area contributed by atoms with Crippen LogP contribution in [0.5, 0.6) is 17.2 Å². The van der Waals surface area contributed by atoms with Crippen molar-refractivity contribution in [3.05, 3.63) is 41.2 Å². The molecule has 0 radical (unpaired) electrons. The number of ether oxygens (including phenoxy) is 4. The molecule has 0 saturated carbocycles. The van der Waals surface area contributed by atoms with Crippen LogP contribution in [-0.2, 0) is 4.74 Å². The molecule has 6 nitrogen and oxygen atoms in total. The number of carbonyl (C=O) groups is 2. The normalized spacial score (nSPS) is 13.4. The standard InChI is InChI=1S/C18H16O6/c1-21-13-8-12(19)10-6-5-9-11(15(10)16(13)20)7-14(22-2)18(24-4)17(9)23-3/h5-8H,1-4H3. The third-order valence-corrected chi connectivity index (χ3v) is 4.02. The number of allylic oxidation sites excluding steroid dienone is 2. The number of ketones is 2. The predicted molar refractivity (Wildman–Crippen MR) is 87.4 cm³/mol. The average molecular weight is 328 g/mol.